The average molecular weight is 461 g/mol. The number of fused-ring (bicyclic) bond motifs is 7. The minimum absolute atomic E-state index is 0.0360. The highest BCUT2D eigenvalue weighted by Gasteiger charge is 2.72. The van der Waals surface area contributed by atoms with Crippen molar-refractivity contribution >= 4 is 11.9 Å². The van der Waals surface area contributed by atoms with Crippen molar-refractivity contribution in [3.63, 3.8) is 0 Å². The molecule has 0 aliphatic heterocycles. The second kappa shape index (κ2) is 6.98. The lowest BCUT2D eigenvalue weighted by Crippen LogP contribution is -2.67. The predicted molar refractivity (Wildman–Crippen MR) is 125 cm³/mol. The van der Waals surface area contributed by atoms with E-state index in [2.05, 4.69) is 34.6 Å². The van der Waals surface area contributed by atoms with Gasteiger partial charge in [-0.2, -0.15) is 0 Å². The van der Waals surface area contributed by atoms with Gasteiger partial charge in [0.1, 0.15) is 0 Å². The van der Waals surface area contributed by atoms with E-state index in [0.29, 0.717) is 31.1 Å². The van der Waals surface area contributed by atoms with Crippen LogP contribution < -0.4 is 0 Å². The summed E-state index contributed by atoms with van der Waals surface area (Å²) in [7, 11) is 0. The monoisotopic (exact) mass is 460 g/mol. The van der Waals surface area contributed by atoms with Crippen LogP contribution in [0.1, 0.15) is 98.8 Å². The highest BCUT2D eigenvalue weighted by molar-refractivity contribution is 5.79. The van der Waals surface area contributed by atoms with E-state index >= 15 is 0 Å². The van der Waals surface area contributed by atoms with Crippen molar-refractivity contribution in [2.75, 3.05) is 0 Å². The number of carboxylic acids is 2. The van der Waals surface area contributed by atoms with Crippen LogP contribution in [0.2, 0.25) is 0 Å². The molecule has 0 aromatic heterocycles. The fraction of sp³-hybridized carbons (Fsp3) is 0.929. The van der Waals surface area contributed by atoms with E-state index in [1.165, 1.54) is 0 Å². The Hall–Kier alpha value is -1.10. The second-order valence-electron chi connectivity index (χ2n) is 14.0. The van der Waals surface area contributed by atoms with Gasteiger partial charge in [0.2, 0.25) is 0 Å². The van der Waals surface area contributed by atoms with Gasteiger partial charge in [-0.15, -0.1) is 0 Å². The number of aliphatic hydroxyl groups is 1. The molecule has 0 heterocycles. The van der Waals surface area contributed by atoms with E-state index in [1.54, 1.807) is 0 Å². The van der Waals surface area contributed by atoms with Crippen LogP contribution in [0.5, 0.6) is 0 Å². The second-order valence-corrected chi connectivity index (χ2v) is 14.0. The number of aliphatic hydroxyl groups excluding tert-OH is 1. The number of hydrogen-bond acceptors (Lipinski definition) is 3. The van der Waals surface area contributed by atoms with E-state index in [9.17, 15) is 24.9 Å². The van der Waals surface area contributed by atoms with Gasteiger partial charge in [0, 0.05) is 0 Å². The van der Waals surface area contributed by atoms with Crippen LogP contribution in [0, 0.1) is 56.7 Å². The smallest absolute Gasteiger partial charge is 0.309 e. The first-order chi connectivity index (χ1) is 15.3. The third-order valence-corrected chi connectivity index (χ3v) is 13.2. The van der Waals surface area contributed by atoms with Crippen molar-refractivity contribution in [3.05, 3.63) is 0 Å². The molecule has 0 spiro atoms. The molecular formula is C28H44O5. The molecule has 5 nitrogen and oxygen atoms in total. The molecule has 10 unspecified atom stereocenters. The molecule has 0 amide bonds. The normalized spacial score (nSPS) is 55.0. The average Bonchev–Trinajstić information content (AvgIpc) is 3.13. The highest BCUT2D eigenvalue weighted by atomic mass is 16.4. The number of carboxylic acid groups (broad SMARTS) is 2. The summed E-state index contributed by atoms with van der Waals surface area (Å²) in [4.78, 5) is 24.9. The molecule has 5 aliphatic rings. The maximum Gasteiger partial charge on any atom is 0.309 e. The summed E-state index contributed by atoms with van der Waals surface area (Å²) in [5.74, 6) is -1.14. The molecule has 33 heavy (non-hydrogen) atoms. The molecule has 5 rings (SSSR count). The van der Waals surface area contributed by atoms with Crippen molar-refractivity contribution in [1.82, 2.24) is 0 Å². The maximum absolute atomic E-state index is 12.6. The first kappa shape index (κ1) is 23.6. The Balaban J connectivity index is 1.57. The minimum Gasteiger partial charge on any atom is -0.481 e. The molecule has 186 valence electrons. The number of hydrogen-bond donors (Lipinski definition) is 3. The molecule has 0 aromatic rings. The largest absolute Gasteiger partial charge is 0.481 e. The first-order valence-corrected chi connectivity index (χ1v) is 13.4. The summed E-state index contributed by atoms with van der Waals surface area (Å²) >= 11 is 0. The first-order valence-electron chi connectivity index (χ1n) is 13.4. The van der Waals surface area contributed by atoms with E-state index in [0.717, 1.165) is 44.9 Å². The standard InChI is InChI=1S/C28H44O5/c1-24(2)18-9-12-27(5)19(25(18,3)11-10-20(24)29)7-6-17-21-16(22(30)31)8-13-28(21,23(32)33)15-14-26(17,27)4/h16-21,29H,6-15H2,1-5H3,(H,30,31)(H,32,33). The summed E-state index contributed by atoms with van der Waals surface area (Å²) in [5, 5.41) is 31.3. The van der Waals surface area contributed by atoms with Crippen molar-refractivity contribution in [3.8, 4) is 0 Å². The van der Waals surface area contributed by atoms with E-state index in [1.807, 2.05) is 0 Å². The van der Waals surface area contributed by atoms with Crippen LogP contribution in [-0.2, 0) is 9.59 Å². The summed E-state index contributed by atoms with van der Waals surface area (Å²) in [6.45, 7) is 11.9. The van der Waals surface area contributed by atoms with Crippen molar-refractivity contribution in [2.45, 2.75) is 105 Å². The SMILES string of the molecule is CC1(C)C(O)CCC2(C)C1CCC1(C)C2CCC2C3C(C(=O)O)CCC3(C(=O)O)CCC21C. The third-order valence-electron chi connectivity index (χ3n) is 13.2. The third kappa shape index (κ3) is 2.69. The van der Waals surface area contributed by atoms with Crippen LogP contribution in [-0.4, -0.2) is 33.4 Å². The van der Waals surface area contributed by atoms with Gasteiger partial charge in [-0.3, -0.25) is 9.59 Å². The number of aliphatic carboxylic acids is 2. The van der Waals surface area contributed by atoms with Crippen LogP contribution in [0.25, 0.3) is 0 Å². The molecule has 5 fully saturated rings. The summed E-state index contributed by atoms with van der Waals surface area (Å²) in [6.07, 6.45) is 8.43. The molecule has 0 saturated heterocycles. The zero-order chi connectivity index (χ0) is 24.2. The van der Waals surface area contributed by atoms with Gasteiger partial charge in [0.15, 0.2) is 0 Å². The number of carbonyl (C=O) groups is 2. The van der Waals surface area contributed by atoms with Crippen molar-refractivity contribution < 1.29 is 24.9 Å². The topological polar surface area (TPSA) is 94.8 Å². The van der Waals surface area contributed by atoms with Gasteiger partial charge in [-0.05, 0) is 110 Å². The summed E-state index contributed by atoms with van der Waals surface area (Å²) < 4.78 is 0. The molecule has 0 bridgehead atoms. The van der Waals surface area contributed by atoms with E-state index < -0.39 is 23.3 Å². The Bertz CT molecular complexity index is 866. The lowest BCUT2D eigenvalue weighted by molar-refractivity contribution is -0.249. The lowest BCUT2D eigenvalue weighted by atomic mass is 9.32. The van der Waals surface area contributed by atoms with E-state index in [-0.39, 0.29) is 39.6 Å². The Labute approximate surface area is 198 Å². The van der Waals surface area contributed by atoms with Crippen LogP contribution in [0.15, 0.2) is 0 Å². The molecule has 10 atom stereocenters. The van der Waals surface area contributed by atoms with Gasteiger partial charge < -0.3 is 15.3 Å². The van der Waals surface area contributed by atoms with Gasteiger partial charge in [0.05, 0.1) is 17.4 Å². The Morgan fingerprint density at radius 2 is 1.42 bits per heavy atom. The van der Waals surface area contributed by atoms with Gasteiger partial charge >= 0.3 is 11.9 Å². The Morgan fingerprint density at radius 3 is 2.06 bits per heavy atom. The number of rotatable bonds is 2. The Morgan fingerprint density at radius 1 is 0.727 bits per heavy atom. The summed E-state index contributed by atoms with van der Waals surface area (Å²) in [5.41, 5.74) is -0.722. The zero-order valence-corrected chi connectivity index (χ0v) is 21.2. The molecule has 5 saturated carbocycles. The van der Waals surface area contributed by atoms with Crippen LogP contribution in [0.4, 0.5) is 0 Å². The quantitative estimate of drug-likeness (QED) is 0.499. The summed E-state index contributed by atoms with van der Waals surface area (Å²) in [6, 6.07) is 0. The predicted octanol–water partition coefficient (Wildman–Crippen LogP) is 5.60. The van der Waals surface area contributed by atoms with Crippen LogP contribution in [0.3, 0.4) is 0 Å². The molecule has 0 aromatic carbocycles. The van der Waals surface area contributed by atoms with Crippen LogP contribution >= 0.6 is 0 Å². The molecule has 5 aliphatic carbocycles. The Kier molecular flexibility index (Phi) is 5.00. The minimum atomic E-state index is -0.853. The lowest BCUT2D eigenvalue weighted by Gasteiger charge is -2.72. The molecule has 3 N–H and O–H groups in total. The van der Waals surface area contributed by atoms with Gasteiger partial charge in [-0.25, -0.2) is 0 Å². The molecular weight excluding hydrogens is 416 g/mol. The van der Waals surface area contributed by atoms with E-state index in [4.69, 9.17) is 0 Å². The molecule has 5 heteroatoms. The van der Waals surface area contributed by atoms with Crippen molar-refractivity contribution in [2.24, 2.45) is 56.7 Å². The maximum atomic E-state index is 12.6. The van der Waals surface area contributed by atoms with Gasteiger partial charge in [0.25, 0.3) is 0 Å². The van der Waals surface area contributed by atoms with Crippen molar-refractivity contribution in [1.29, 1.82) is 0 Å². The highest BCUT2D eigenvalue weighted by Crippen LogP contribution is 2.77. The fourth-order valence-corrected chi connectivity index (χ4v) is 11.2. The molecule has 0 radical (unpaired) electrons. The van der Waals surface area contributed by atoms with Gasteiger partial charge in [-0.1, -0.05) is 34.6 Å². The fourth-order valence-electron chi connectivity index (χ4n) is 11.2. The zero-order valence-electron chi connectivity index (χ0n) is 21.2.